The van der Waals surface area contributed by atoms with Gasteiger partial charge in [-0.05, 0) is 36.8 Å². The third-order valence-electron chi connectivity index (χ3n) is 6.25. The molecule has 0 aliphatic carbocycles. The summed E-state index contributed by atoms with van der Waals surface area (Å²) >= 11 is 1.24. The Morgan fingerprint density at radius 3 is 2.44 bits per heavy atom. The van der Waals surface area contributed by atoms with Crippen LogP contribution in [0.3, 0.4) is 0 Å². The van der Waals surface area contributed by atoms with E-state index in [0.29, 0.717) is 45.3 Å². The van der Waals surface area contributed by atoms with Gasteiger partial charge in [0.15, 0.2) is 11.0 Å². The Bertz CT molecular complexity index is 1750. The lowest BCUT2D eigenvalue weighted by Crippen LogP contribution is -2.18. The van der Waals surface area contributed by atoms with E-state index in [2.05, 4.69) is 10.2 Å². The first kappa shape index (κ1) is 26.5. The molecule has 5 rings (SSSR count). The molecule has 5 aromatic rings. The average Bonchev–Trinajstić information content (AvgIpc) is 3.57. The van der Waals surface area contributed by atoms with Crippen molar-refractivity contribution in [3.05, 3.63) is 85.1 Å². The molecule has 9 nitrogen and oxygen atoms in total. The van der Waals surface area contributed by atoms with Crippen LogP contribution >= 0.6 is 11.8 Å². The smallest absolute Gasteiger partial charge is 0.319 e. The Labute approximate surface area is 230 Å². The van der Waals surface area contributed by atoms with Crippen LogP contribution in [-0.4, -0.2) is 52.6 Å². The SMILES string of the molecule is CC[C@H](Sc1nnc(-c2cn(S(=O)(=O)c3ccccc3)c3ccccc23)n1-c1cccc(OC)c1)C(=O)OC. The van der Waals surface area contributed by atoms with Crippen LogP contribution in [0.5, 0.6) is 5.75 Å². The first-order valence-corrected chi connectivity index (χ1v) is 14.5. The van der Waals surface area contributed by atoms with Gasteiger partial charge in [-0.1, -0.05) is 61.2 Å². The molecule has 0 amide bonds. The Kier molecular flexibility index (Phi) is 7.45. The predicted molar refractivity (Wildman–Crippen MR) is 150 cm³/mol. The minimum absolute atomic E-state index is 0.173. The van der Waals surface area contributed by atoms with Crippen molar-refractivity contribution in [2.45, 2.75) is 28.6 Å². The fourth-order valence-corrected chi connectivity index (χ4v) is 6.68. The minimum Gasteiger partial charge on any atom is -0.497 e. The van der Waals surface area contributed by atoms with Crippen molar-refractivity contribution < 1.29 is 22.7 Å². The molecular formula is C28H26N4O5S2. The highest BCUT2D eigenvalue weighted by Crippen LogP contribution is 2.37. The summed E-state index contributed by atoms with van der Waals surface area (Å²) in [4.78, 5) is 12.6. The fraction of sp³-hybridized carbons (Fsp3) is 0.179. The van der Waals surface area contributed by atoms with Gasteiger partial charge in [0.1, 0.15) is 11.0 Å². The van der Waals surface area contributed by atoms with Crippen LogP contribution in [0.25, 0.3) is 28.0 Å². The number of benzene rings is 3. The van der Waals surface area contributed by atoms with Gasteiger partial charge in [-0.25, -0.2) is 12.4 Å². The largest absolute Gasteiger partial charge is 0.497 e. The van der Waals surface area contributed by atoms with Crippen molar-refractivity contribution in [2.24, 2.45) is 0 Å². The topological polar surface area (TPSA) is 105 Å². The number of fused-ring (bicyclic) bond motifs is 1. The number of methoxy groups -OCH3 is 2. The molecule has 2 heterocycles. The van der Waals surface area contributed by atoms with Crippen molar-refractivity contribution in [2.75, 3.05) is 14.2 Å². The van der Waals surface area contributed by atoms with Gasteiger partial charge in [0.25, 0.3) is 10.0 Å². The number of hydrogen-bond donors (Lipinski definition) is 0. The zero-order valence-corrected chi connectivity index (χ0v) is 23.1. The molecule has 0 saturated carbocycles. The summed E-state index contributed by atoms with van der Waals surface area (Å²) in [6.07, 6.45) is 2.09. The molecule has 3 aromatic carbocycles. The highest BCUT2D eigenvalue weighted by Gasteiger charge is 2.28. The molecule has 0 aliphatic heterocycles. The summed E-state index contributed by atoms with van der Waals surface area (Å²) in [6, 6.07) is 22.9. The fourth-order valence-electron chi connectivity index (χ4n) is 4.29. The van der Waals surface area contributed by atoms with Crippen LogP contribution in [0.15, 0.2) is 95.1 Å². The standard InChI is InChI=1S/C28H26N4O5S2/c1-4-25(27(33)37-3)38-28-30-29-26(32(28)19-11-10-12-20(17-19)36-2)23-18-31(24-16-9-8-15-22(23)24)39(34,35)21-13-6-5-7-14-21/h5-18,25H,4H2,1-3H3/t25-/m0/s1. The second-order valence-electron chi connectivity index (χ2n) is 8.55. The minimum atomic E-state index is -3.90. The van der Waals surface area contributed by atoms with Gasteiger partial charge in [-0.3, -0.25) is 9.36 Å². The summed E-state index contributed by atoms with van der Waals surface area (Å²) in [7, 11) is -0.968. The van der Waals surface area contributed by atoms with Gasteiger partial charge < -0.3 is 9.47 Å². The summed E-state index contributed by atoms with van der Waals surface area (Å²) in [6.45, 7) is 1.89. The maximum Gasteiger partial charge on any atom is 0.319 e. The Balaban J connectivity index is 1.75. The molecule has 0 fully saturated rings. The third kappa shape index (κ3) is 4.90. The summed E-state index contributed by atoms with van der Waals surface area (Å²) in [5, 5.41) is 9.57. The van der Waals surface area contributed by atoms with Gasteiger partial charge in [0, 0.05) is 23.2 Å². The van der Waals surface area contributed by atoms with Gasteiger partial charge in [0.2, 0.25) is 0 Å². The van der Waals surface area contributed by atoms with E-state index >= 15 is 0 Å². The molecule has 0 saturated heterocycles. The second-order valence-corrected chi connectivity index (χ2v) is 11.5. The van der Waals surface area contributed by atoms with Gasteiger partial charge in [-0.2, -0.15) is 0 Å². The quantitative estimate of drug-likeness (QED) is 0.179. The monoisotopic (exact) mass is 562 g/mol. The lowest BCUT2D eigenvalue weighted by atomic mass is 10.1. The summed E-state index contributed by atoms with van der Waals surface area (Å²) in [5.74, 6) is 0.677. The molecule has 0 unspecified atom stereocenters. The molecule has 0 aliphatic rings. The summed E-state index contributed by atoms with van der Waals surface area (Å²) in [5.41, 5.74) is 1.77. The zero-order valence-electron chi connectivity index (χ0n) is 21.5. The van der Waals surface area contributed by atoms with E-state index in [0.717, 1.165) is 0 Å². The van der Waals surface area contributed by atoms with Crippen LogP contribution in [0.4, 0.5) is 0 Å². The van der Waals surface area contributed by atoms with Crippen molar-refractivity contribution in [1.82, 2.24) is 18.7 Å². The average molecular weight is 563 g/mol. The van der Waals surface area contributed by atoms with Crippen molar-refractivity contribution >= 4 is 38.7 Å². The van der Waals surface area contributed by atoms with Crippen LogP contribution in [0, 0.1) is 0 Å². The van der Waals surface area contributed by atoms with Crippen molar-refractivity contribution in [1.29, 1.82) is 0 Å². The Morgan fingerprint density at radius 1 is 0.974 bits per heavy atom. The Morgan fingerprint density at radius 2 is 1.72 bits per heavy atom. The van der Waals surface area contributed by atoms with E-state index < -0.39 is 15.3 Å². The van der Waals surface area contributed by atoms with E-state index in [-0.39, 0.29) is 10.9 Å². The lowest BCUT2D eigenvalue weighted by Gasteiger charge is -2.14. The molecule has 0 bridgehead atoms. The number of para-hydroxylation sites is 1. The maximum absolute atomic E-state index is 13.7. The Hall–Kier alpha value is -4.09. The third-order valence-corrected chi connectivity index (χ3v) is 9.22. The van der Waals surface area contributed by atoms with E-state index in [4.69, 9.17) is 9.47 Å². The number of thioether (sulfide) groups is 1. The number of nitrogens with zero attached hydrogens (tertiary/aromatic N) is 4. The molecule has 200 valence electrons. The molecule has 2 aromatic heterocycles. The highest BCUT2D eigenvalue weighted by atomic mass is 32.2. The molecule has 0 radical (unpaired) electrons. The van der Waals surface area contributed by atoms with E-state index in [1.807, 2.05) is 43.3 Å². The van der Waals surface area contributed by atoms with Crippen LogP contribution < -0.4 is 4.74 Å². The van der Waals surface area contributed by atoms with Gasteiger partial charge >= 0.3 is 5.97 Å². The number of ether oxygens (including phenoxy) is 2. The highest BCUT2D eigenvalue weighted by molar-refractivity contribution is 8.00. The van der Waals surface area contributed by atoms with Gasteiger partial charge in [-0.15, -0.1) is 10.2 Å². The molecule has 0 spiro atoms. The molecule has 11 heteroatoms. The van der Waals surface area contributed by atoms with Crippen molar-refractivity contribution in [3.63, 3.8) is 0 Å². The molecule has 1 atom stereocenters. The maximum atomic E-state index is 13.7. The lowest BCUT2D eigenvalue weighted by molar-refractivity contribution is -0.140. The van der Waals surface area contributed by atoms with Crippen LogP contribution in [0.1, 0.15) is 13.3 Å². The van der Waals surface area contributed by atoms with Crippen LogP contribution in [-0.2, 0) is 19.6 Å². The normalized spacial score (nSPS) is 12.4. The number of carbonyl (C=O) groups excluding carboxylic acids is 1. The first-order valence-electron chi connectivity index (χ1n) is 12.1. The van der Waals surface area contributed by atoms with Gasteiger partial charge in [0.05, 0.1) is 30.3 Å². The van der Waals surface area contributed by atoms with E-state index in [1.54, 1.807) is 60.3 Å². The zero-order chi connectivity index (χ0) is 27.6. The molecule has 0 N–H and O–H groups in total. The molecule has 39 heavy (non-hydrogen) atoms. The summed E-state index contributed by atoms with van der Waals surface area (Å²) < 4.78 is 40.9. The van der Waals surface area contributed by atoms with Crippen molar-refractivity contribution in [3.8, 4) is 22.8 Å². The number of carbonyl (C=O) groups is 1. The number of rotatable bonds is 9. The van der Waals surface area contributed by atoms with E-state index in [1.165, 1.54) is 22.8 Å². The predicted octanol–water partition coefficient (Wildman–Crippen LogP) is 5.18. The van der Waals surface area contributed by atoms with Crippen LogP contribution in [0.2, 0.25) is 0 Å². The number of esters is 1. The van der Waals surface area contributed by atoms with E-state index in [9.17, 15) is 13.2 Å². The number of aromatic nitrogens is 4. The second kappa shape index (κ2) is 11.0. The number of hydrogen-bond acceptors (Lipinski definition) is 8. The molecular weight excluding hydrogens is 536 g/mol. The first-order chi connectivity index (χ1) is 18.9.